The summed E-state index contributed by atoms with van der Waals surface area (Å²) in [5, 5.41) is 12.8. The predicted octanol–water partition coefficient (Wildman–Crippen LogP) is 3.24. The summed E-state index contributed by atoms with van der Waals surface area (Å²) in [6.45, 7) is 7.21. The van der Waals surface area contributed by atoms with E-state index in [1.807, 2.05) is 35.3 Å². The third-order valence-electron chi connectivity index (χ3n) is 4.77. The number of halogens is 1. The molecule has 7 nitrogen and oxygen atoms in total. The average molecular weight is 402 g/mol. The van der Waals surface area contributed by atoms with Gasteiger partial charge >= 0.3 is 5.97 Å². The Morgan fingerprint density at radius 3 is 2.96 bits per heavy atom. The monoisotopic (exact) mass is 401 g/mol. The molecule has 3 rings (SSSR count). The van der Waals surface area contributed by atoms with Crippen LogP contribution in [-0.4, -0.2) is 50.8 Å². The van der Waals surface area contributed by atoms with Gasteiger partial charge in [-0.25, -0.2) is 4.79 Å². The molecule has 0 saturated carbocycles. The van der Waals surface area contributed by atoms with Crippen LogP contribution in [0.4, 0.5) is 0 Å². The van der Waals surface area contributed by atoms with Gasteiger partial charge in [-0.15, -0.1) is 10.2 Å². The highest BCUT2D eigenvalue weighted by Gasteiger charge is 2.29. The van der Waals surface area contributed by atoms with Gasteiger partial charge in [0.15, 0.2) is 5.82 Å². The number of carbonyl (C=O) groups excluding carboxylic acids is 1. The largest absolute Gasteiger partial charge is 0.467 e. The number of rotatable bonds is 6. The Labute approximate surface area is 169 Å². The van der Waals surface area contributed by atoms with Gasteiger partial charge in [-0.2, -0.15) is 4.80 Å². The number of aromatic nitrogens is 4. The lowest BCUT2D eigenvalue weighted by atomic mass is 10.0. The van der Waals surface area contributed by atoms with Gasteiger partial charge in [-0.3, -0.25) is 0 Å². The van der Waals surface area contributed by atoms with Crippen molar-refractivity contribution in [1.82, 2.24) is 25.1 Å². The summed E-state index contributed by atoms with van der Waals surface area (Å²) in [7, 11) is 1.42. The van der Waals surface area contributed by atoms with Gasteiger partial charge in [-0.1, -0.05) is 30.3 Å². The number of likely N-dealkylation sites (tertiary alicyclic amines) is 1. The number of methoxy groups -OCH3 is 1. The fourth-order valence-electron chi connectivity index (χ4n) is 3.35. The Kier molecular flexibility index (Phi) is 6.46. The third-order valence-corrected chi connectivity index (χ3v) is 5.00. The summed E-state index contributed by atoms with van der Waals surface area (Å²) in [4.78, 5) is 15.6. The lowest BCUT2D eigenvalue weighted by molar-refractivity contribution is -0.147. The molecule has 1 saturated heterocycles. The summed E-state index contributed by atoms with van der Waals surface area (Å²) in [6, 6.07) is 5.40. The second kappa shape index (κ2) is 9.01. The Balaban J connectivity index is 1.79. The highest BCUT2D eigenvalue weighted by atomic mass is 35.5. The van der Waals surface area contributed by atoms with Crippen molar-refractivity contribution in [3.8, 4) is 0 Å². The number of carbonyl (C=O) groups is 1. The van der Waals surface area contributed by atoms with Crippen molar-refractivity contribution in [2.75, 3.05) is 13.7 Å². The first-order valence-electron chi connectivity index (χ1n) is 9.22. The zero-order chi connectivity index (χ0) is 20.1. The second-order valence-electron chi connectivity index (χ2n) is 6.76. The van der Waals surface area contributed by atoms with E-state index in [4.69, 9.17) is 16.3 Å². The molecule has 0 N–H and O–H groups in total. The van der Waals surface area contributed by atoms with Crippen LogP contribution in [0.3, 0.4) is 0 Å². The normalized spacial score (nSPS) is 17.1. The summed E-state index contributed by atoms with van der Waals surface area (Å²) in [5.74, 6) is 0.403. The third kappa shape index (κ3) is 4.78. The van der Waals surface area contributed by atoms with Gasteiger partial charge in [0.1, 0.15) is 6.04 Å². The van der Waals surface area contributed by atoms with Crippen molar-refractivity contribution in [3.63, 3.8) is 0 Å². The number of hydrogen-bond acceptors (Lipinski definition) is 6. The number of esters is 1. The zero-order valence-electron chi connectivity index (χ0n) is 16.1. The smallest absolute Gasteiger partial charge is 0.328 e. The Morgan fingerprint density at radius 1 is 1.43 bits per heavy atom. The van der Waals surface area contributed by atoms with Crippen molar-refractivity contribution < 1.29 is 9.53 Å². The van der Waals surface area contributed by atoms with E-state index in [1.165, 1.54) is 11.9 Å². The van der Waals surface area contributed by atoms with Crippen LogP contribution in [0, 0.1) is 6.92 Å². The maximum Gasteiger partial charge on any atom is 0.328 e. The highest BCUT2D eigenvalue weighted by Crippen LogP contribution is 2.24. The van der Waals surface area contributed by atoms with Crippen molar-refractivity contribution in [2.45, 2.75) is 38.8 Å². The van der Waals surface area contributed by atoms with Crippen LogP contribution < -0.4 is 0 Å². The first-order chi connectivity index (χ1) is 13.5. The van der Waals surface area contributed by atoms with E-state index in [2.05, 4.69) is 22.0 Å². The molecular weight excluding hydrogens is 378 g/mol. The van der Waals surface area contributed by atoms with E-state index in [1.54, 1.807) is 6.92 Å². The summed E-state index contributed by atoms with van der Waals surface area (Å²) < 4.78 is 4.95. The molecule has 0 radical (unpaired) electrons. The fourth-order valence-corrected chi connectivity index (χ4v) is 3.55. The molecule has 8 heteroatoms. The number of tetrazole rings is 1. The predicted molar refractivity (Wildman–Crippen MR) is 108 cm³/mol. The standard InChI is InChI=1S/C20H24ClN5O2/c1-14(25-11-5-4-6-19(25)20(27)28-3)7-8-16-9-10-18(21)12-17(16)13-26-23-15(2)22-24-26/h7-10,12,19H,1,4-6,11,13H2,2-3H3/b8-7+. The summed E-state index contributed by atoms with van der Waals surface area (Å²) in [5.41, 5.74) is 2.73. The Bertz CT molecular complexity index is 892. The van der Waals surface area contributed by atoms with Gasteiger partial charge < -0.3 is 9.64 Å². The molecule has 1 atom stereocenters. The van der Waals surface area contributed by atoms with E-state index < -0.39 is 0 Å². The highest BCUT2D eigenvalue weighted by molar-refractivity contribution is 6.30. The molecule has 1 aromatic heterocycles. The second-order valence-corrected chi connectivity index (χ2v) is 7.20. The van der Waals surface area contributed by atoms with E-state index in [0.29, 0.717) is 17.4 Å². The maximum atomic E-state index is 12.1. The van der Waals surface area contributed by atoms with E-state index in [0.717, 1.165) is 42.6 Å². The Morgan fingerprint density at radius 2 is 2.25 bits per heavy atom. The lowest BCUT2D eigenvalue weighted by Crippen LogP contribution is -2.43. The molecule has 0 spiro atoms. The molecule has 0 bridgehead atoms. The van der Waals surface area contributed by atoms with E-state index >= 15 is 0 Å². The molecule has 148 valence electrons. The van der Waals surface area contributed by atoms with Gasteiger partial charge in [0, 0.05) is 17.3 Å². The Hall–Kier alpha value is -2.67. The maximum absolute atomic E-state index is 12.1. The van der Waals surface area contributed by atoms with Gasteiger partial charge in [0.2, 0.25) is 0 Å². The number of allylic oxidation sites excluding steroid dienone is 1. The molecular formula is C20H24ClN5O2. The van der Waals surface area contributed by atoms with Crippen molar-refractivity contribution in [1.29, 1.82) is 0 Å². The number of piperidine rings is 1. The minimum atomic E-state index is -0.275. The molecule has 1 aliphatic rings. The number of hydrogen-bond donors (Lipinski definition) is 0. The average Bonchev–Trinajstić information content (AvgIpc) is 3.11. The number of aryl methyl sites for hydroxylation is 1. The molecule has 1 unspecified atom stereocenters. The first-order valence-corrected chi connectivity index (χ1v) is 9.60. The molecule has 0 amide bonds. The van der Waals surface area contributed by atoms with Crippen LogP contribution in [0.1, 0.15) is 36.2 Å². The molecule has 28 heavy (non-hydrogen) atoms. The van der Waals surface area contributed by atoms with Gasteiger partial charge in [0.25, 0.3) is 0 Å². The van der Waals surface area contributed by atoms with Gasteiger partial charge in [0.05, 0.1) is 13.7 Å². The molecule has 1 aromatic carbocycles. The quantitative estimate of drug-likeness (QED) is 0.546. The summed E-state index contributed by atoms with van der Waals surface area (Å²) >= 11 is 6.18. The SMILES string of the molecule is C=C(/C=C/c1ccc(Cl)cc1Cn1nnc(C)n1)N1CCCCC1C(=O)OC. The molecule has 2 aromatic rings. The van der Waals surface area contributed by atoms with Crippen LogP contribution in [-0.2, 0) is 16.1 Å². The minimum Gasteiger partial charge on any atom is -0.467 e. The van der Waals surface area contributed by atoms with Crippen molar-refractivity contribution in [3.05, 3.63) is 58.5 Å². The van der Waals surface area contributed by atoms with E-state index in [-0.39, 0.29) is 12.0 Å². The zero-order valence-corrected chi connectivity index (χ0v) is 16.9. The van der Waals surface area contributed by atoms with Crippen molar-refractivity contribution in [2.24, 2.45) is 0 Å². The molecule has 1 aliphatic heterocycles. The molecule has 0 aliphatic carbocycles. The summed E-state index contributed by atoms with van der Waals surface area (Å²) in [6.07, 6.45) is 6.72. The topological polar surface area (TPSA) is 73.1 Å². The number of ether oxygens (including phenoxy) is 1. The van der Waals surface area contributed by atoms with Crippen molar-refractivity contribution >= 4 is 23.6 Å². The minimum absolute atomic E-state index is 0.214. The van der Waals surface area contributed by atoms with Crippen LogP contribution in [0.15, 0.2) is 36.6 Å². The van der Waals surface area contributed by atoms with Crippen LogP contribution in [0.25, 0.3) is 6.08 Å². The lowest BCUT2D eigenvalue weighted by Gasteiger charge is -2.35. The molecule has 1 fully saturated rings. The van der Waals surface area contributed by atoms with Crippen LogP contribution in [0.2, 0.25) is 5.02 Å². The van der Waals surface area contributed by atoms with Gasteiger partial charge in [-0.05, 0) is 60.7 Å². The number of benzene rings is 1. The first kappa shape index (κ1) is 20.1. The fraction of sp³-hybridized carbons (Fsp3) is 0.400. The number of nitrogens with zero attached hydrogens (tertiary/aromatic N) is 5. The van der Waals surface area contributed by atoms with Crippen LogP contribution >= 0.6 is 11.6 Å². The molecule has 2 heterocycles. The van der Waals surface area contributed by atoms with E-state index in [9.17, 15) is 4.79 Å². The van der Waals surface area contributed by atoms with Crippen LogP contribution in [0.5, 0.6) is 0 Å².